The number of carbonyl (C=O) groups is 2. The zero-order chi connectivity index (χ0) is 20.0. The Morgan fingerprint density at radius 3 is 2.82 bits per heavy atom. The van der Waals surface area contributed by atoms with E-state index in [2.05, 4.69) is 10.3 Å². The largest absolute Gasteiger partial charge is 0.384 e. The number of hydrogen-bond donors (Lipinski definition) is 3. The fraction of sp³-hybridized carbons (Fsp3) is 0.300. The van der Waals surface area contributed by atoms with Crippen molar-refractivity contribution in [2.45, 2.75) is 31.5 Å². The summed E-state index contributed by atoms with van der Waals surface area (Å²) in [6.45, 7) is 1.45. The van der Waals surface area contributed by atoms with Crippen LogP contribution in [0.1, 0.15) is 34.6 Å². The van der Waals surface area contributed by atoms with Gasteiger partial charge in [0.1, 0.15) is 16.6 Å². The van der Waals surface area contributed by atoms with Crippen LogP contribution in [0.5, 0.6) is 0 Å². The number of aromatic amines is 1. The van der Waals surface area contributed by atoms with Gasteiger partial charge in [0, 0.05) is 12.4 Å². The van der Waals surface area contributed by atoms with Crippen LogP contribution in [-0.4, -0.2) is 46.0 Å². The van der Waals surface area contributed by atoms with E-state index < -0.39 is 6.10 Å². The average Bonchev–Trinajstić information content (AvgIpc) is 3.30. The molecule has 2 heterocycles. The lowest BCUT2D eigenvalue weighted by molar-refractivity contribution is -0.140. The van der Waals surface area contributed by atoms with Crippen molar-refractivity contribution in [1.29, 1.82) is 0 Å². The molecule has 0 aliphatic heterocycles. The highest BCUT2D eigenvalue weighted by Crippen LogP contribution is 2.36. The molecule has 1 aromatic carbocycles. The van der Waals surface area contributed by atoms with E-state index in [1.807, 2.05) is 30.3 Å². The molecule has 1 aliphatic carbocycles. The number of aliphatic hydroxyl groups excluding tert-OH is 1. The summed E-state index contributed by atoms with van der Waals surface area (Å²) in [6, 6.07) is 10.8. The predicted molar refractivity (Wildman–Crippen MR) is 110 cm³/mol. The Morgan fingerprint density at radius 2 is 2.11 bits per heavy atom. The normalized spacial score (nSPS) is 19.4. The van der Waals surface area contributed by atoms with Gasteiger partial charge in [-0.3, -0.25) is 9.59 Å². The first-order valence-corrected chi connectivity index (χ1v) is 10.2. The van der Waals surface area contributed by atoms with E-state index in [-0.39, 0.29) is 23.9 Å². The van der Waals surface area contributed by atoms with Crippen LogP contribution in [0.3, 0.4) is 0 Å². The lowest BCUT2D eigenvalue weighted by Crippen LogP contribution is -2.47. The Labute approximate surface area is 171 Å². The van der Waals surface area contributed by atoms with Gasteiger partial charge in [0.15, 0.2) is 0 Å². The Kier molecular flexibility index (Phi) is 4.91. The summed E-state index contributed by atoms with van der Waals surface area (Å²) in [4.78, 5) is 30.7. The summed E-state index contributed by atoms with van der Waals surface area (Å²) in [5.41, 5.74) is 2.53. The number of carbonyl (C=O) groups excluding carboxylic acids is 2. The minimum Gasteiger partial charge on any atom is -0.384 e. The standard InChI is InChI=1S/C20H20ClN3O3S/c1-10(25)20(27)24(2)17-13-6-4-3-5-11(13)7-14(17)22-18(26)15-8-12-9-16(21)28-19(12)23-15/h3-6,8-10,14,17,23,25H,7H2,1-2H3,(H,22,26)/t10-,14+,17+/m0/s1. The van der Waals surface area contributed by atoms with Gasteiger partial charge < -0.3 is 20.3 Å². The van der Waals surface area contributed by atoms with Crippen molar-refractivity contribution in [1.82, 2.24) is 15.2 Å². The molecule has 3 atom stereocenters. The number of amides is 2. The maximum atomic E-state index is 12.9. The van der Waals surface area contributed by atoms with Gasteiger partial charge in [0.2, 0.25) is 0 Å². The van der Waals surface area contributed by atoms with E-state index in [9.17, 15) is 14.7 Å². The highest BCUT2D eigenvalue weighted by Gasteiger charge is 2.38. The minimum atomic E-state index is -1.10. The molecule has 0 saturated carbocycles. The number of likely N-dealkylation sites (N-methyl/N-ethyl adjacent to an activating group) is 1. The summed E-state index contributed by atoms with van der Waals surface area (Å²) in [5.74, 6) is -0.615. The first-order chi connectivity index (χ1) is 13.3. The third-order valence-corrected chi connectivity index (χ3v) is 6.35. The van der Waals surface area contributed by atoms with Crippen LogP contribution in [0.15, 0.2) is 36.4 Å². The number of nitrogens with one attached hydrogen (secondary N) is 2. The molecule has 0 fully saturated rings. The molecule has 3 aromatic rings. The zero-order valence-corrected chi connectivity index (χ0v) is 17.0. The quantitative estimate of drug-likeness (QED) is 0.609. The van der Waals surface area contributed by atoms with E-state index in [0.717, 1.165) is 21.3 Å². The molecule has 28 heavy (non-hydrogen) atoms. The first-order valence-electron chi connectivity index (χ1n) is 8.96. The van der Waals surface area contributed by atoms with Crippen LogP contribution in [0.2, 0.25) is 4.34 Å². The molecule has 0 unspecified atom stereocenters. The Balaban J connectivity index is 1.60. The highest BCUT2D eigenvalue weighted by atomic mass is 35.5. The molecule has 0 bridgehead atoms. The molecule has 0 spiro atoms. The summed E-state index contributed by atoms with van der Waals surface area (Å²) in [6.07, 6.45) is -0.487. The second kappa shape index (κ2) is 7.24. The fourth-order valence-corrected chi connectivity index (χ4v) is 5.00. The number of fused-ring (bicyclic) bond motifs is 2. The summed E-state index contributed by atoms with van der Waals surface area (Å²) >= 11 is 7.38. The number of benzene rings is 1. The van der Waals surface area contributed by atoms with Gasteiger partial charge in [0.05, 0.1) is 16.4 Å². The Bertz CT molecular complexity index is 1030. The Hall–Kier alpha value is -2.35. The third kappa shape index (κ3) is 3.30. The van der Waals surface area contributed by atoms with Crippen LogP contribution in [-0.2, 0) is 11.2 Å². The van der Waals surface area contributed by atoms with E-state index in [0.29, 0.717) is 16.5 Å². The van der Waals surface area contributed by atoms with E-state index in [1.165, 1.54) is 23.2 Å². The van der Waals surface area contributed by atoms with Crippen LogP contribution in [0.25, 0.3) is 10.2 Å². The van der Waals surface area contributed by atoms with Crippen LogP contribution in [0, 0.1) is 0 Å². The molecule has 0 saturated heterocycles. The van der Waals surface area contributed by atoms with Gasteiger partial charge in [-0.25, -0.2) is 0 Å². The molecule has 6 nitrogen and oxygen atoms in total. The van der Waals surface area contributed by atoms with Crippen LogP contribution < -0.4 is 5.32 Å². The molecule has 2 amide bonds. The maximum Gasteiger partial charge on any atom is 0.268 e. The number of H-pyrrole nitrogens is 1. The van der Waals surface area contributed by atoms with Crippen molar-refractivity contribution in [3.05, 3.63) is 57.6 Å². The minimum absolute atomic E-state index is 0.236. The first kappa shape index (κ1) is 19.0. The molecule has 8 heteroatoms. The SMILES string of the molecule is C[C@H](O)C(=O)N(C)[C@@H]1c2ccccc2C[C@H]1NC(=O)c1cc2cc(Cl)sc2[nH]1. The van der Waals surface area contributed by atoms with Crippen molar-refractivity contribution in [3.8, 4) is 0 Å². The van der Waals surface area contributed by atoms with Crippen LogP contribution in [0.4, 0.5) is 0 Å². The van der Waals surface area contributed by atoms with Gasteiger partial charge in [-0.15, -0.1) is 11.3 Å². The second-order valence-corrected chi connectivity index (χ2v) is 8.75. The highest BCUT2D eigenvalue weighted by molar-refractivity contribution is 7.22. The van der Waals surface area contributed by atoms with Crippen molar-refractivity contribution in [2.75, 3.05) is 7.05 Å². The topological polar surface area (TPSA) is 85.4 Å². The van der Waals surface area contributed by atoms with E-state index in [4.69, 9.17) is 11.6 Å². The van der Waals surface area contributed by atoms with Gasteiger partial charge in [0.25, 0.3) is 11.8 Å². The van der Waals surface area contributed by atoms with Gasteiger partial charge >= 0.3 is 0 Å². The average molecular weight is 418 g/mol. The fourth-order valence-electron chi connectivity index (χ4n) is 3.88. The van der Waals surface area contributed by atoms with Crippen molar-refractivity contribution in [3.63, 3.8) is 0 Å². The van der Waals surface area contributed by atoms with E-state index in [1.54, 1.807) is 13.1 Å². The molecular formula is C20H20ClN3O3S. The summed E-state index contributed by atoms with van der Waals surface area (Å²) in [7, 11) is 1.66. The number of aliphatic hydroxyl groups is 1. The van der Waals surface area contributed by atoms with Crippen LogP contribution >= 0.6 is 22.9 Å². The predicted octanol–water partition coefficient (Wildman–Crippen LogP) is 3.12. The van der Waals surface area contributed by atoms with Gasteiger partial charge in [-0.1, -0.05) is 35.9 Å². The number of aromatic nitrogens is 1. The maximum absolute atomic E-state index is 12.9. The van der Waals surface area contributed by atoms with Gasteiger partial charge in [-0.05, 0) is 36.6 Å². The van der Waals surface area contributed by atoms with Crippen molar-refractivity contribution < 1.29 is 14.7 Å². The number of rotatable bonds is 4. The zero-order valence-electron chi connectivity index (χ0n) is 15.4. The molecule has 146 valence electrons. The lowest BCUT2D eigenvalue weighted by Gasteiger charge is -2.31. The number of nitrogens with zero attached hydrogens (tertiary/aromatic N) is 1. The second-order valence-electron chi connectivity index (χ2n) is 7.07. The molecule has 3 N–H and O–H groups in total. The number of thiophene rings is 1. The summed E-state index contributed by atoms with van der Waals surface area (Å²) < 4.78 is 0.665. The van der Waals surface area contributed by atoms with Gasteiger partial charge in [-0.2, -0.15) is 0 Å². The Morgan fingerprint density at radius 1 is 1.36 bits per heavy atom. The molecule has 2 aromatic heterocycles. The number of halogens is 1. The molecule has 0 radical (unpaired) electrons. The lowest BCUT2D eigenvalue weighted by atomic mass is 10.0. The monoisotopic (exact) mass is 417 g/mol. The van der Waals surface area contributed by atoms with E-state index >= 15 is 0 Å². The van der Waals surface area contributed by atoms with Crippen molar-refractivity contribution >= 4 is 45.0 Å². The third-order valence-electron chi connectivity index (χ3n) is 5.16. The number of hydrogen-bond acceptors (Lipinski definition) is 4. The molecular weight excluding hydrogens is 398 g/mol. The molecule has 1 aliphatic rings. The molecule has 4 rings (SSSR count). The summed E-state index contributed by atoms with van der Waals surface area (Å²) in [5, 5.41) is 13.7. The van der Waals surface area contributed by atoms with Crippen molar-refractivity contribution in [2.24, 2.45) is 0 Å². The smallest absolute Gasteiger partial charge is 0.268 e.